The zero-order valence-electron chi connectivity index (χ0n) is 22.0. The molecule has 1 aliphatic heterocycles. The molecular weight excluding hydrogens is 527 g/mol. The van der Waals surface area contributed by atoms with E-state index in [9.17, 15) is 15.2 Å². The van der Waals surface area contributed by atoms with Gasteiger partial charge in [0.1, 0.15) is 11.6 Å². The largest absolute Gasteiger partial charge is 0.476 e. The lowest BCUT2D eigenvalue weighted by molar-refractivity contribution is -0.0426. The molecule has 2 aromatic heterocycles. The number of ether oxygens (including phenoxy) is 2. The number of aliphatic hydroxyl groups excluding tert-OH is 1. The van der Waals surface area contributed by atoms with E-state index in [2.05, 4.69) is 31.9 Å². The summed E-state index contributed by atoms with van der Waals surface area (Å²) in [6.45, 7) is 5.46. The first kappa shape index (κ1) is 28.8. The van der Waals surface area contributed by atoms with Gasteiger partial charge in [-0.2, -0.15) is 9.97 Å². The third kappa shape index (κ3) is 6.17. The Balaban J connectivity index is 1.53. The zero-order chi connectivity index (χ0) is 28.0. The highest BCUT2D eigenvalue weighted by molar-refractivity contribution is 7.33. The Bertz CT molecular complexity index is 1340. The topological polar surface area (TPSA) is 193 Å². The van der Waals surface area contributed by atoms with Crippen molar-refractivity contribution in [2.75, 3.05) is 18.9 Å². The molecular formula is C24H33N8O6P. The fraction of sp³-hybridized carbons (Fsp3) is 0.542. The van der Waals surface area contributed by atoms with E-state index in [1.54, 1.807) is 6.92 Å². The molecule has 14 nitrogen and oxygen atoms in total. The van der Waals surface area contributed by atoms with Crippen molar-refractivity contribution >= 4 is 25.4 Å². The first-order chi connectivity index (χ1) is 18.8. The molecule has 3 aromatic rings. The van der Waals surface area contributed by atoms with E-state index >= 15 is 0 Å². The van der Waals surface area contributed by atoms with Crippen LogP contribution in [0.3, 0.4) is 0 Å². The number of anilines is 1. The normalized spacial score (nSPS) is 24.4. The van der Waals surface area contributed by atoms with Crippen LogP contribution < -0.4 is 10.5 Å². The highest BCUT2D eigenvalue weighted by atomic mass is 31.1. The van der Waals surface area contributed by atoms with E-state index in [1.807, 2.05) is 30.3 Å². The molecule has 3 unspecified atom stereocenters. The fourth-order valence-electron chi connectivity index (χ4n) is 4.55. The number of hydrogen-bond acceptors (Lipinski definition) is 11. The molecule has 1 fully saturated rings. The van der Waals surface area contributed by atoms with Crippen molar-refractivity contribution in [1.82, 2.24) is 19.5 Å². The molecule has 0 saturated carbocycles. The van der Waals surface area contributed by atoms with Crippen LogP contribution in [-0.2, 0) is 18.3 Å². The number of azide groups is 1. The van der Waals surface area contributed by atoms with E-state index in [0.717, 1.165) is 18.4 Å². The average molecular weight is 561 g/mol. The quantitative estimate of drug-likeness (QED) is 0.130. The van der Waals surface area contributed by atoms with E-state index in [0.29, 0.717) is 18.5 Å². The van der Waals surface area contributed by atoms with Gasteiger partial charge in [0, 0.05) is 4.91 Å². The van der Waals surface area contributed by atoms with Crippen molar-refractivity contribution in [1.29, 1.82) is 0 Å². The lowest BCUT2D eigenvalue weighted by atomic mass is 9.93. The third-order valence-corrected chi connectivity index (χ3v) is 7.43. The number of aliphatic hydroxyl groups is 1. The first-order valence-electron chi connectivity index (χ1n) is 12.7. The molecule has 1 aromatic carbocycles. The van der Waals surface area contributed by atoms with Gasteiger partial charge >= 0.3 is 8.25 Å². The summed E-state index contributed by atoms with van der Waals surface area (Å²) in [6, 6.07) is 9.52. The molecule has 6 atom stereocenters. The summed E-state index contributed by atoms with van der Waals surface area (Å²) in [5.74, 6) is 0.137. The molecule has 210 valence electrons. The van der Waals surface area contributed by atoms with Crippen molar-refractivity contribution in [3.63, 3.8) is 0 Å². The lowest BCUT2D eigenvalue weighted by Gasteiger charge is -2.28. The maximum absolute atomic E-state index is 12.8. The number of fused-ring (bicyclic) bond motifs is 1. The molecule has 0 amide bonds. The molecule has 1 saturated heterocycles. The maximum atomic E-state index is 12.8. The minimum Gasteiger partial charge on any atom is -0.476 e. The molecule has 0 bridgehead atoms. The van der Waals surface area contributed by atoms with Gasteiger partial charge in [-0.3, -0.25) is 9.13 Å². The first-order valence-corrected chi connectivity index (χ1v) is 14.0. The number of aromatic nitrogens is 4. The highest BCUT2D eigenvalue weighted by Crippen LogP contribution is 2.44. The van der Waals surface area contributed by atoms with Crippen molar-refractivity contribution in [3.8, 4) is 5.88 Å². The van der Waals surface area contributed by atoms with Crippen LogP contribution in [0.25, 0.3) is 21.6 Å². The smallest absolute Gasteiger partial charge is 0.319 e. The molecule has 39 heavy (non-hydrogen) atoms. The van der Waals surface area contributed by atoms with E-state index in [1.165, 1.54) is 17.8 Å². The molecule has 0 radical (unpaired) electrons. The Labute approximate surface area is 226 Å². The predicted octanol–water partition coefficient (Wildman–Crippen LogP) is 4.49. The summed E-state index contributed by atoms with van der Waals surface area (Å²) in [5, 5.41) is 15.0. The number of nitrogen functional groups attached to an aromatic ring is 1. The Morgan fingerprint density at radius 3 is 2.79 bits per heavy atom. The number of nitrogens with zero attached hydrogens (tertiary/aromatic N) is 7. The van der Waals surface area contributed by atoms with Crippen LogP contribution in [0, 0.1) is 0 Å². The van der Waals surface area contributed by atoms with Gasteiger partial charge in [0.15, 0.2) is 17.4 Å². The Kier molecular flexibility index (Phi) is 9.39. The zero-order valence-corrected chi connectivity index (χ0v) is 23.0. The molecule has 15 heteroatoms. The van der Waals surface area contributed by atoms with Crippen LogP contribution in [0.4, 0.5) is 5.95 Å². The van der Waals surface area contributed by atoms with Crippen molar-refractivity contribution < 1.29 is 28.2 Å². The Morgan fingerprint density at radius 2 is 2.10 bits per heavy atom. The maximum Gasteiger partial charge on any atom is 0.319 e. The Morgan fingerprint density at radius 1 is 1.33 bits per heavy atom. The van der Waals surface area contributed by atoms with Crippen LogP contribution in [0.2, 0.25) is 0 Å². The summed E-state index contributed by atoms with van der Waals surface area (Å²) in [5.41, 5.74) is 15.2. The minimum atomic E-state index is -2.96. The average Bonchev–Trinajstić information content (AvgIpc) is 3.44. The van der Waals surface area contributed by atoms with Crippen LogP contribution in [0.1, 0.15) is 57.9 Å². The van der Waals surface area contributed by atoms with E-state index in [-0.39, 0.29) is 24.1 Å². The lowest BCUT2D eigenvalue weighted by Crippen LogP contribution is -2.42. The van der Waals surface area contributed by atoms with Gasteiger partial charge in [0.05, 0.1) is 31.7 Å². The SMILES string of the molecule is CCCCC(O[PH](=O)OC[C@H]1O[C@@H](n2cnc3c(OCC)nc(N)nc32)C(C)(N=[N+]=[N-])[C@@H]1O)c1ccccc1. The summed E-state index contributed by atoms with van der Waals surface area (Å²) in [4.78, 5) is 15.6. The van der Waals surface area contributed by atoms with Gasteiger partial charge in [-0.1, -0.05) is 55.2 Å². The van der Waals surface area contributed by atoms with Gasteiger partial charge in [0.25, 0.3) is 0 Å². The van der Waals surface area contributed by atoms with E-state index < -0.39 is 38.3 Å². The number of imidazole rings is 1. The molecule has 3 heterocycles. The standard InChI is InChI=1S/C24H33N8O6P/c1-4-6-12-16(15-10-8-7-9-11-15)38-39(34)36-13-17-19(33)24(3,30-31-26)22(37-17)32-14-27-18-20(32)28-23(25)29-21(18)35-5-2/h7-11,14,16-17,19,22,33,39H,4-6,12-13H2,1-3H3,(H2,25,28,29)/t16?,17-,19-,22-,24?/m1/s1. The summed E-state index contributed by atoms with van der Waals surface area (Å²) in [6.07, 6.45) is 0.188. The third-order valence-electron chi connectivity index (χ3n) is 6.55. The van der Waals surface area contributed by atoms with Crippen LogP contribution in [-0.4, -0.2) is 55.6 Å². The van der Waals surface area contributed by atoms with Crippen molar-refractivity contribution in [2.45, 2.75) is 70.1 Å². The molecule has 4 rings (SSSR count). The number of nitrogens with two attached hydrogens (primary N) is 1. The summed E-state index contributed by atoms with van der Waals surface area (Å²) < 4.78 is 37.3. The molecule has 1 aliphatic rings. The van der Waals surface area contributed by atoms with E-state index in [4.69, 9.17) is 24.3 Å². The highest BCUT2D eigenvalue weighted by Gasteiger charge is 2.54. The second kappa shape index (κ2) is 12.7. The fourth-order valence-corrected chi connectivity index (χ4v) is 5.40. The molecule has 3 N–H and O–H groups in total. The summed E-state index contributed by atoms with van der Waals surface area (Å²) in [7, 11) is -2.96. The van der Waals surface area contributed by atoms with Gasteiger partial charge in [-0.15, -0.1) is 0 Å². The van der Waals surface area contributed by atoms with Crippen molar-refractivity contribution in [2.24, 2.45) is 5.11 Å². The number of rotatable bonds is 13. The van der Waals surface area contributed by atoms with Crippen molar-refractivity contribution in [3.05, 3.63) is 52.7 Å². The molecule has 0 aliphatic carbocycles. The van der Waals surface area contributed by atoms with Gasteiger partial charge in [-0.05, 0) is 31.4 Å². The summed E-state index contributed by atoms with van der Waals surface area (Å²) >= 11 is 0. The van der Waals surface area contributed by atoms with Gasteiger partial charge < -0.3 is 29.4 Å². The monoisotopic (exact) mass is 560 g/mol. The Hall–Kier alpha value is -3.25. The van der Waals surface area contributed by atoms with Crippen LogP contribution >= 0.6 is 8.25 Å². The van der Waals surface area contributed by atoms with Crippen LogP contribution in [0.5, 0.6) is 5.88 Å². The predicted molar refractivity (Wildman–Crippen MR) is 143 cm³/mol. The van der Waals surface area contributed by atoms with Gasteiger partial charge in [0.2, 0.25) is 11.8 Å². The number of benzene rings is 1. The molecule has 0 spiro atoms. The second-order valence-electron chi connectivity index (χ2n) is 9.25. The second-order valence-corrected chi connectivity index (χ2v) is 10.3. The van der Waals surface area contributed by atoms with Gasteiger partial charge in [-0.25, -0.2) is 4.98 Å². The number of hydrogen-bond donors (Lipinski definition) is 2. The van der Waals surface area contributed by atoms with Crippen LogP contribution in [0.15, 0.2) is 41.8 Å². The number of unbranched alkanes of at least 4 members (excludes halogenated alkanes) is 1. The minimum absolute atomic E-state index is 0.0524.